The monoisotopic (exact) mass is 720 g/mol. The molecule has 9 rings (SSSR count). The third-order valence-corrected chi connectivity index (χ3v) is 12.4. The zero-order valence-corrected chi connectivity index (χ0v) is 29.9. The van der Waals surface area contributed by atoms with Crippen LogP contribution in [0.1, 0.15) is 35.4 Å². The van der Waals surface area contributed by atoms with Gasteiger partial charge in [0.05, 0.1) is 43.3 Å². The van der Waals surface area contributed by atoms with Crippen LogP contribution in [0.25, 0.3) is 5.57 Å². The maximum absolute atomic E-state index is 15.2. The van der Waals surface area contributed by atoms with Crippen LogP contribution in [0, 0.1) is 23.7 Å². The molecule has 9 nitrogen and oxygen atoms in total. The van der Waals surface area contributed by atoms with E-state index in [2.05, 4.69) is 4.90 Å². The van der Waals surface area contributed by atoms with E-state index >= 15 is 9.59 Å². The quantitative estimate of drug-likeness (QED) is 0.183. The SMILES string of the molecule is COc1cc([C@H]2C3=CC[C@@H]4C(=O)N(c5ccc(N6CCOCC6)cc5)C(=O)[C@@H]4[C@@H]3C[C@H]3C(=O)C(c4ccccc4)=CC(=O)[C@@]23c2ccccc2)ccc1O. The molecule has 0 spiro atoms. The Morgan fingerprint density at radius 2 is 1.48 bits per heavy atom. The van der Waals surface area contributed by atoms with Gasteiger partial charge in [0.25, 0.3) is 0 Å². The highest BCUT2D eigenvalue weighted by molar-refractivity contribution is 6.32. The largest absolute Gasteiger partial charge is 0.504 e. The zero-order chi connectivity index (χ0) is 37.1. The third-order valence-electron chi connectivity index (χ3n) is 12.4. The van der Waals surface area contributed by atoms with Crippen LogP contribution in [0.2, 0.25) is 0 Å². The highest BCUT2D eigenvalue weighted by Crippen LogP contribution is 2.64. The summed E-state index contributed by atoms with van der Waals surface area (Å²) in [6.45, 7) is 2.82. The summed E-state index contributed by atoms with van der Waals surface area (Å²) >= 11 is 0. The van der Waals surface area contributed by atoms with Gasteiger partial charge in [-0.15, -0.1) is 0 Å². The Kier molecular flexibility index (Phi) is 8.34. The minimum absolute atomic E-state index is 0.0548. The summed E-state index contributed by atoms with van der Waals surface area (Å²) in [6, 6.07) is 31.3. The molecule has 2 saturated heterocycles. The molecule has 2 heterocycles. The number of Topliss-reactive ketones (excluding diaryl/α,β-unsaturated/α-hetero) is 1. The third kappa shape index (κ3) is 5.09. The van der Waals surface area contributed by atoms with Crippen molar-refractivity contribution in [3.05, 3.63) is 138 Å². The van der Waals surface area contributed by atoms with Crippen molar-refractivity contribution in [3.8, 4) is 11.5 Å². The molecule has 0 aromatic heterocycles. The minimum atomic E-state index is -1.37. The minimum Gasteiger partial charge on any atom is -0.504 e. The number of allylic oxidation sites excluding steroid dienone is 4. The molecule has 272 valence electrons. The summed E-state index contributed by atoms with van der Waals surface area (Å²) in [5, 5.41) is 10.7. The molecule has 4 aromatic rings. The molecular formula is C45H40N2O7. The summed E-state index contributed by atoms with van der Waals surface area (Å²) in [5.41, 5.74) is 3.38. The lowest BCUT2D eigenvalue weighted by atomic mass is 9.44. The van der Waals surface area contributed by atoms with Gasteiger partial charge in [0, 0.05) is 36.2 Å². The number of hydrogen-bond acceptors (Lipinski definition) is 8. The van der Waals surface area contributed by atoms with Crippen molar-refractivity contribution in [2.75, 3.05) is 43.2 Å². The number of aromatic hydroxyl groups is 1. The standard InChI is InChI=1S/C45H40N2O7/c1-53-38-24-28(12-19-37(38)48)41-32-17-18-33-40(44(52)47(43(33)51)31-15-13-30(14-16-31)46-20-22-54-23-21-46)35(32)25-36-42(50)34(27-8-4-2-5-9-27)26-39(49)45(36,41)29-10-6-3-7-11-29/h2-17,19,24,26,33,35-36,40-41,48H,18,20-23,25H2,1H3/t33-,35+,36-,40-,41-,45-/m0/s1. The van der Waals surface area contributed by atoms with Gasteiger partial charge in [0.1, 0.15) is 0 Å². The van der Waals surface area contributed by atoms with Gasteiger partial charge >= 0.3 is 0 Å². The van der Waals surface area contributed by atoms with Crippen LogP contribution in [0.5, 0.6) is 11.5 Å². The van der Waals surface area contributed by atoms with Crippen molar-refractivity contribution in [2.45, 2.75) is 24.2 Å². The Labute approximate surface area is 313 Å². The highest BCUT2D eigenvalue weighted by Gasteiger charge is 2.66. The van der Waals surface area contributed by atoms with Gasteiger partial charge in [0.15, 0.2) is 23.1 Å². The molecule has 0 radical (unpaired) electrons. The topological polar surface area (TPSA) is 113 Å². The number of ether oxygens (including phenoxy) is 2. The van der Waals surface area contributed by atoms with E-state index in [1.165, 1.54) is 18.1 Å². The molecule has 3 aliphatic carbocycles. The van der Waals surface area contributed by atoms with E-state index in [1.54, 1.807) is 18.2 Å². The van der Waals surface area contributed by atoms with Crippen LogP contribution < -0.4 is 14.5 Å². The second-order valence-corrected chi connectivity index (χ2v) is 14.8. The number of morpholine rings is 1. The van der Waals surface area contributed by atoms with Crippen molar-refractivity contribution in [3.63, 3.8) is 0 Å². The molecule has 2 aliphatic heterocycles. The maximum Gasteiger partial charge on any atom is 0.238 e. The maximum atomic E-state index is 15.2. The first kappa shape index (κ1) is 34.0. The Balaban J connectivity index is 1.19. The Hall–Kier alpha value is -5.80. The molecule has 54 heavy (non-hydrogen) atoms. The number of benzene rings is 4. The number of imide groups is 1. The number of hydrogen-bond donors (Lipinski definition) is 1. The van der Waals surface area contributed by atoms with Crippen LogP contribution in [-0.4, -0.2) is 61.9 Å². The van der Waals surface area contributed by atoms with E-state index in [9.17, 15) is 14.7 Å². The zero-order valence-electron chi connectivity index (χ0n) is 29.9. The molecule has 0 unspecified atom stereocenters. The fraction of sp³-hybridized carbons (Fsp3) is 0.289. The molecule has 5 aliphatic rings. The van der Waals surface area contributed by atoms with Crippen molar-refractivity contribution >= 4 is 40.3 Å². The summed E-state index contributed by atoms with van der Waals surface area (Å²) in [4.78, 5) is 62.9. The molecule has 1 N–H and O–H groups in total. The van der Waals surface area contributed by atoms with Gasteiger partial charge < -0.3 is 19.5 Å². The number of carbonyl (C=O) groups is 4. The fourth-order valence-corrected chi connectivity index (χ4v) is 10.0. The van der Waals surface area contributed by atoms with Gasteiger partial charge in [-0.2, -0.15) is 0 Å². The lowest BCUT2D eigenvalue weighted by molar-refractivity contribution is -0.135. The Morgan fingerprint density at radius 1 is 0.796 bits per heavy atom. The lowest BCUT2D eigenvalue weighted by Gasteiger charge is -2.55. The molecule has 4 aromatic carbocycles. The van der Waals surface area contributed by atoms with Crippen molar-refractivity contribution in [1.82, 2.24) is 0 Å². The summed E-state index contributed by atoms with van der Waals surface area (Å²) in [5.74, 6) is -4.13. The molecule has 9 heteroatoms. The van der Waals surface area contributed by atoms with Crippen LogP contribution in [0.15, 0.2) is 121 Å². The molecule has 0 bridgehead atoms. The number of rotatable bonds is 6. The average molecular weight is 721 g/mol. The number of methoxy groups -OCH3 is 1. The number of phenols is 1. The average Bonchev–Trinajstić information content (AvgIpc) is 3.48. The first-order valence-electron chi connectivity index (χ1n) is 18.6. The molecule has 6 atom stereocenters. The van der Waals surface area contributed by atoms with E-state index in [0.717, 1.165) is 24.4 Å². The predicted molar refractivity (Wildman–Crippen MR) is 203 cm³/mol. The summed E-state index contributed by atoms with van der Waals surface area (Å²) in [6.07, 6.45) is 4.08. The predicted octanol–water partition coefficient (Wildman–Crippen LogP) is 6.27. The number of carbonyl (C=O) groups excluding carboxylic acids is 4. The van der Waals surface area contributed by atoms with Gasteiger partial charge in [0.2, 0.25) is 11.8 Å². The van der Waals surface area contributed by atoms with Crippen LogP contribution >= 0.6 is 0 Å². The van der Waals surface area contributed by atoms with E-state index in [4.69, 9.17) is 9.47 Å². The van der Waals surface area contributed by atoms with Crippen molar-refractivity contribution < 1.29 is 33.8 Å². The van der Waals surface area contributed by atoms with Gasteiger partial charge in [-0.05, 0) is 77.9 Å². The summed E-state index contributed by atoms with van der Waals surface area (Å²) in [7, 11) is 1.47. The Bertz CT molecular complexity index is 2230. The van der Waals surface area contributed by atoms with Gasteiger partial charge in [-0.1, -0.05) is 78.4 Å². The second kappa shape index (κ2) is 13.2. The molecular weight excluding hydrogens is 681 g/mol. The number of nitrogens with zero attached hydrogens (tertiary/aromatic N) is 2. The Morgan fingerprint density at radius 3 is 2.19 bits per heavy atom. The highest BCUT2D eigenvalue weighted by atomic mass is 16.5. The van der Waals surface area contributed by atoms with E-state index in [1.807, 2.05) is 91.0 Å². The van der Waals surface area contributed by atoms with Crippen LogP contribution in [0.4, 0.5) is 11.4 Å². The lowest BCUT2D eigenvalue weighted by Crippen LogP contribution is -2.58. The number of anilines is 2. The van der Waals surface area contributed by atoms with E-state index in [0.29, 0.717) is 47.6 Å². The number of amides is 2. The van der Waals surface area contributed by atoms with Crippen molar-refractivity contribution in [2.24, 2.45) is 23.7 Å². The van der Waals surface area contributed by atoms with E-state index < -0.39 is 35.0 Å². The van der Waals surface area contributed by atoms with Crippen LogP contribution in [-0.2, 0) is 29.3 Å². The molecule has 1 saturated carbocycles. The van der Waals surface area contributed by atoms with Gasteiger partial charge in [-0.25, -0.2) is 0 Å². The number of fused-ring (bicyclic) bond motifs is 4. The summed E-state index contributed by atoms with van der Waals surface area (Å²) < 4.78 is 11.1. The number of phenolic OH excluding ortho intramolecular Hbond substituents is 1. The fourth-order valence-electron chi connectivity index (χ4n) is 10.0. The van der Waals surface area contributed by atoms with Gasteiger partial charge in [-0.3, -0.25) is 24.1 Å². The first-order valence-corrected chi connectivity index (χ1v) is 18.6. The van der Waals surface area contributed by atoms with E-state index in [-0.39, 0.29) is 41.3 Å². The first-order chi connectivity index (χ1) is 26.3. The smallest absolute Gasteiger partial charge is 0.238 e. The normalized spacial score (nSPS) is 27.8. The molecule has 3 fully saturated rings. The van der Waals surface area contributed by atoms with Crippen LogP contribution in [0.3, 0.4) is 0 Å². The van der Waals surface area contributed by atoms with Crippen molar-refractivity contribution in [1.29, 1.82) is 0 Å². The second-order valence-electron chi connectivity index (χ2n) is 14.8. The molecule has 2 amide bonds. The number of ketones is 2.